The number of anilines is 1. The van der Waals surface area contributed by atoms with Gasteiger partial charge in [-0.05, 0) is 24.3 Å². The Balaban J connectivity index is 2.15. The number of aliphatic hydroxyl groups excluding tert-OH is 1. The monoisotopic (exact) mass is 237 g/mol. The normalized spacial score (nSPS) is 20.5. The number of morpholine rings is 1. The Morgan fingerprint density at radius 3 is 2.76 bits per heavy atom. The van der Waals surface area contributed by atoms with Crippen molar-refractivity contribution in [2.75, 3.05) is 31.8 Å². The molecule has 1 amide bonds. The smallest absolute Gasteiger partial charge is 0.253 e. The van der Waals surface area contributed by atoms with Crippen LogP contribution in [-0.2, 0) is 9.53 Å². The van der Waals surface area contributed by atoms with E-state index in [1.165, 1.54) is 0 Å². The van der Waals surface area contributed by atoms with Gasteiger partial charge in [-0.25, -0.2) is 0 Å². The van der Waals surface area contributed by atoms with Crippen molar-refractivity contribution in [3.63, 3.8) is 0 Å². The van der Waals surface area contributed by atoms with E-state index in [0.29, 0.717) is 6.54 Å². The maximum absolute atomic E-state index is 11.7. The molecule has 0 spiro atoms. The highest BCUT2D eigenvalue weighted by Gasteiger charge is 2.26. The van der Waals surface area contributed by atoms with E-state index in [9.17, 15) is 4.79 Å². The van der Waals surface area contributed by atoms with Gasteiger partial charge in [0.05, 0.1) is 26.4 Å². The van der Waals surface area contributed by atoms with E-state index in [2.05, 4.69) is 0 Å². The molecule has 5 heteroatoms. The van der Waals surface area contributed by atoms with Crippen molar-refractivity contribution in [3.05, 3.63) is 24.3 Å². The highest BCUT2D eigenvalue weighted by Crippen LogP contribution is 2.21. The summed E-state index contributed by atoms with van der Waals surface area (Å²) in [5, 5.41) is 9.04. The lowest BCUT2D eigenvalue weighted by atomic mass is 10.2. The van der Waals surface area contributed by atoms with Crippen molar-refractivity contribution in [2.45, 2.75) is 6.10 Å². The first-order chi connectivity index (χ1) is 8.24. The number of ether oxygens (including phenoxy) is 2. The first kappa shape index (κ1) is 11.9. The van der Waals surface area contributed by atoms with Gasteiger partial charge >= 0.3 is 0 Å². The van der Waals surface area contributed by atoms with Gasteiger partial charge in [0.15, 0.2) is 0 Å². The fraction of sp³-hybridized carbons (Fsp3) is 0.417. The number of nitrogens with zero attached hydrogens (tertiary/aromatic N) is 1. The number of carbonyl (C=O) groups is 1. The first-order valence-electron chi connectivity index (χ1n) is 5.41. The maximum atomic E-state index is 11.7. The quantitative estimate of drug-likeness (QED) is 0.827. The van der Waals surface area contributed by atoms with E-state index in [4.69, 9.17) is 14.6 Å². The van der Waals surface area contributed by atoms with Gasteiger partial charge in [-0.1, -0.05) is 0 Å². The van der Waals surface area contributed by atoms with Crippen molar-refractivity contribution in [2.24, 2.45) is 0 Å². The molecule has 0 radical (unpaired) electrons. The van der Waals surface area contributed by atoms with Gasteiger partial charge < -0.3 is 19.5 Å². The summed E-state index contributed by atoms with van der Waals surface area (Å²) in [7, 11) is 1.59. The van der Waals surface area contributed by atoms with Crippen LogP contribution in [0.3, 0.4) is 0 Å². The standard InChI is InChI=1S/C12H15NO4/c1-16-10-4-2-9(3-5-10)13-6-11(7-14)17-8-12(13)15/h2-5,11,14H,6-8H2,1H3. The number of hydrogen-bond donors (Lipinski definition) is 1. The van der Waals surface area contributed by atoms with Gasteiger partial charge in [0.1, 0.15) is 12.4 Å². The molecular formula is C12H15NO4. The molecule has 0 aliphatic carbocycles. The molecule has 0 saturated carbocycles. The lowest BCUT2D eigenvalue weighted by Crippen LogP contribution is -2.48. The molecule has 17 heavy (non-hydrogen) atoms. The molecule has 1 aromatic rings. The molecule has 1 heterocycles. The van der Waals surface area contributed by atoms with Crippen molar-refractivity contribution in [3.8, 4) is 5.75 Å². The maximum Gasteiger partial charge on any atom is 0.253 e. The molecule has 1 aromatic carbocycles. The van der Waals surface area contributed by atoms with Crippen molar-refractivity contribution >= 4 is 11.6 Å². The second-order valence-corrected chi connectivity index (χ2v) is 3.82. The number of carbonyl (C=O) groups excluding carboxylic acids is 1. The highest BCUT2D eigenvalue weighted by atomic mass is 16.5. The van der Waals surface area contributed by atoms with Crippen LogP contribution in [0.25, 0.3) is 0 Å². The third-order valence-electron chi connectivity index (χ3n) is 2.72. The molecule has 0 aromatic heterocycles. The van der Waals surface area contributed by atoms with Crippen LogP contribution >= 0.6 is 0 Å². The number of rotatable bonds is 3. The summed E-state index contributed by atoms with van der Waals surface area (Å²) in [6, 6.07) is 7.23. The van der Waals surface area contributed by atoms with Crippen LogP contribution in [0.1, 0.15) is 0 Å². The van der Waals surface area contributed by atoms with Crippen LogP contribution in [0.5, 0.6) is 5.75 Å². The lowest BCUT2D eigenvalue weighted by molar-refractivity contribution is -0.130. The minimum atomic E-state index is -0.310. The Kier molecular flexibility index (Phi) is 3.61. The summed E-state index contributed by atoms with van der Waals surface area (Å²) in [6.07, 6.45) is -0.310. The Morgan fingerprint density at radius 2 is 2.18 bits per heavy atom. The zero-order chi connectivity index (χ0) is 12.3. The SMILES string of the molecule is COc1ccc(N2CC(CO)OCC2=O)cc1. The van der Waals surface area contributed by atoms with Crippen LogP contribution < -0.4 is 9.64 Å². The minimum absolute atomic E-state index is 0.0112. The molecule has 1 N–H and O–H groups in total. The fourth-order valence-electron chi connectivity index (χ4n) is 1.75. The van der Waals surface area contributed by atoms with Crippen LogP contribution in [0.15, 0.2) is 24.3 Å². The Hall–Kier alpha value is -1.59. The molecule has 5 nitrogen and oxygen atoms in total. The summed E-state index contributed by atoms with van der Waals surface area (Å²) in [5.74, 6) is 0.646. The topological polar surface area (TPSA) is 59.0 Å². The molecule has 1 fully saturated rings. The third-order valence-corrected chi connectivity index (χ3v) is 2.72. The Labute approximate surface area is 99.6 Å². The van der Waals surface area contributed by atoms with Crippen LogP contribution in [0, 0.1) is 0 Å². The number of benzene rings is 1. The van der Waals surface area contributed by atoms with Gasteiger partial charge in [-0.2, -0.15) is 0 Å². The van der Waals surface area contributed by atoms with Gasteiger partial charge in [-0.3, -0.25) is 4.79 Å². The minimum Gasteiger partial charge on any atom is -0.497 e. The number of methoxy groups -OCH3 is 1. The predicted octanol–water partition coefficient (Wildman–Crippen LogP) is 0.419. The number of hydrogen-bond acceptors (Lipinski definition) is 4. The highest BCUT2D eigenvalue weighted by molar-refractivity contribution is 5.95. The summed E-state index contributed by atoms with van der Waals surface area (Å²) in [6.45, 7) is 0.304. The van der Waals surface area contributed by atoms with Gasteiger partial charge in [0.2, 0.25) is 0 Å². The average Bonchev–Trinajstić information content (AvgIpc) is 2.39. The van der Waals surface area contributed by atoms with Crippen LogP contribution in [0.2, 0.25) is 0 Å². The van der Waals surface area contributed by atoms with E-state index in [-0.39, 0.29) is 25.2 Å². The van der Waals surface area contributed by atoms with E-state index in [1.54, 1.807) is 24.1 Å². The molecule has 92 valence electrons. The molecular weight excluding hydrogens is 222 g/mol. The molecule has 2 rings (SSSR count). The lowest BCUT2D eigenvalue weighted by Gasteiger charge is -2.31. The van der Waals surface area contributed by atoms with Crippen LogP contribution in [0.4, 0.5) is 5.69 Å². The summed E-state index contributed by atoms with van der Waals surface area (Å²) < 4.78 is 10.2. The van der Waals surface area contributed by atoms with E-state index < -0.39 is 0 Å². The second kappa shape index (κ2) is 5.16. The number of amides is 1. The van der Waals surface area contributed by atoms with Crippen molar-refractivity contribution in [1.82, 2.24) is 0 Å². The molecule has 1 aliphatic heterocycles. The van der Waals surface area contributed by atoms with Crippen LogP contribution in [-0.4, -0.2) is 44.0 Å². The third kappa shape index (κ3) is 2.57. The van der Waals surface area contributed by atoms with Gasteiger partial charge in [0.25, 0.3) is 5.91 Å². The zero-order valence-electron chi connectivity index (χ0n) is 9.63. The molecule has 1 saturated heterocycles. The first-order valence-corrected chi connectivity index (χ1v) is 5.41. The number of aliphatic hydroxyl groups is 1. The Bertz CT molecular complexity index is 390. The molecule has 0 bridgehead atoms. The summed E-state index contributed by atoms with van der Waals surface area (Å²) in [5.41, 5.74) is 0.789. The van der Waals surface area contributed by atoms with E-state index in [1.807, 2.05) is 12.1 Å². The second-order valence-electron chi connectivity index (χ2n) is 3.82. The summed E-state index contributed by atoms with van der Waals surface area (Å²) >= 11 is 0. The predicted molar refractivity (Wildman–Crippen MR) is 62.2 cm³/mol. The van der Waals surface area contributed by atoms with E-state index >= 15 is 0 Å². The zero-order valence-corrected chi connectivity index (χ0v) is 9.63. The average molecular weight is 237 g/mol. The Morgan fingerprint density at radius 1 is 1.47 bits per heavy atom. The summed E-state index contributed by atoms with van der Waals surface area (Å²) in [4.78, 5) is 13.3. The largest absolute Gasteiger partial charge is 0.497 e. The fourth-order valence-corrected chi connectivity index (χ4v) is 1.75. The van der Waals surface area contributed by atoms with Crippen molar-refractivity contribution < 1.29 is 19.4 Å². The molecule has 1 unspecified atom stereocenters. The molecule has 1 aliphatic rings. The van der Waals surface area contributed by atoms with E-state index in [0.717, 1.165) is 11.4 Å². The van der Waals surface area contributed by atoms with Gasteiger partial charge in [-0.15, -0.1) is 0 Å². The molecule has 1 atom stereocenters. The van der Waals surface area contributed by atoms with Gasteiger partial charge in [0, 0.05) is 5.69 Å². The van der Waals surface area contributed by atoms with Crippen molar-refractivity contribution in [1.29, 1.82) is 0 Å².